The Hall–Kier alpha value is -4.78. The summed E-state index contributed by atoms with van der Waals surface area (Å²) in [6, 6.07) is 25.2. The molecule has 7 heteroatoms. The quantitative estimate of drug-likeness (QED) is 0.146. The van der Waals surface area contributed by atoms with Crippen molar-refractivity contribution in [1.29, 1.82) is 0 Å². The number of para-hydroxylation sites is 1. The maximum atomic E-state index is 12.7. The molecule has 0 saturated carbocycles. The molecule has 4 aromatic rings. The lowest BCUT2D eigenvalue weighted by Crippen LogP contribution is -2.32. The van der Waals surface area contributed by atoms with Gasteiger partial charge in [-0.3, -0.25) is 9.59 Å². The maximum absolute atomic E-state index is 12.7. The first-order chi connectivity index (χ1) is 16.9. The van der Waals surface area contributed by atoms with Gasteiger partial charge in [0.1, 0.15) is 5.75 Å². The van der Waals surface area contributed by atoms with E-state index in [2.05, 4.69) is 15.8 Å². The number of hydrazone groups is 1. The van der Waals surface area contributed by atoms with Crippen LogP contribution in [-0.2, 0) is 9.59 Å². The molecule has 0 saturated heterocycles. The average Bonchev–Trinajstić information content (AvgIpc) is 2.86. The molecule has 0 aliphatic carbocycles. The molecule has 4 aromatic carbocycles. The molecule has 0 heterocycles. The van der Waals surface area contributed by atoms with Crippen LogP contribution in [0.5, 0.6) is 5.75 Å². The SMILES string of the molecule is Cc1ccc(C(=O)Oc2ccc3ccccc3c2/C=N\NC(=O)C(=O)Nc2ccccc2C)cc1. The topological polar surface area (TPSA) is 96.9 Å². The van der Waals surface area contributed by atoms with E-state index in [4.69, 9.17) is 4.74 Å². The average molecular weight is 466 g/mol. The molecule has 0 aromatic heterocycles. The summed E-state index contributed by atoms with van der Waals surface area (Å²) in [6.07, 6.45) is 1.36. The standard InChI is InChI=1S/C28H23N3O4/c1-18-11-13-21(14-12-18)28(34)35-25-16-15-20-8-4-5-9-22(20)23(25)17-29-31-27(33)26(32)30-24-10-6-3-7-19(24)2/h3-17H,1-2H3,(H,30,32)(H,31,33)/b29-17-. The van der Waals surface area contributed by atoms with Gasteiger partial charge in [0.2, 0.25) is 0 Å². The second-order valence-electron chi connectivity index (χ2n) is 7.92. The van der Waals surface area contributed by atoms with Crippen LogP contribution < -0.4 is 15.5 Å². The molecule has 174 valence electrons. The molecule has 2 amide bonds. The van der Waals surface area contributed by atoms with Crippen LogP contribution in [0.15, 0.2) is 90.0 Å². The first-order valence-electron chi connectivity index (χ1n) is 10.9. The molecular weight excluding hydrogens is 442 g/mol. The van der Waals surface area contributed by atoms with Crippen LogP contribution >= 0.6 is 0 Å². The lowest BCUT2D eigenvalue weighted by Gasteiger charge is -2.11. The van der Waals surface area contributed by atoms with Crippen LogP contribution in [0.1, 0.15) is 27.0 Å². The number of hydrogen-bond acceptors (Lipinski definition) is 5. The van der Waals surface area contributed by atoms with Gasteiger partial charge in [-0.25, -0.2) is 10.2 Å². The number of nitrogens with one attached hydrogen (secondary N) is 2. The Morgan fingerprint density at radius 2 is 1.51 bits per heavy atom. The number of nitrogens with zero attached hydrogens (tertiary/aromatic N) is 1. The fourth-order valence-electron chi connectivity index (χ4n) is 3.44. The Kier molecular flexibility index (Phi) is 6.97. The van der Waals surface area contributed by atoms with E-state index in [9.17, 15) is 14.4 Å². The van der Waals surface area contributed by atoms with E-state index < -0.39 is 17.8 Å². The van der Waals surface area contributed by atoms with Crippen molar-refractivity contribution in [1.82, 2.24) is 5.43 Å². The van der Waals surface area contributed by atoms with E-state index >= 15 is 0 Å². The van der Waals surface area contributed by atoms with Gasteiger partial charge >= 0.3 is 17.8 Å². The fraction of sp³-hybridized carbons (Fsp3) is 0.0714. The highest BCUT2D eigenvalue weighted by Crippen LogP contribution is 2.27. The lowest BCUT2D eigenvalue weighted by atomic mass is 10.0. The van der Waals surface area contributed by atoms with Gasteiger partial charge in [-0.2, -0.15) is 5.10 Å². The Morgan fingerprint density at radius 3 is 2.29 bits per heavy atom. The molecule has 7 nitrogen and oxygen atoms in total. The number of benzene rings is 4. The van der Waals surface area contributed by atoms with E-state index in [0.717, 1.165) is 21.9 Å². The van der Waals surface area contributed by atoms with Crippen molar-refractivity contribution >= 4 is 40.5 Å². The van der Waals surface area contributed by atoms with Gasteiger partial charge in [0.05, 0.1) is 11.8 Å². The molecule has 0 spiro atoms. The zero-order chi connectivity index (χ0) is 24.8. The second-order valence-corrected chi connectivity index (χ2v) is 7.92. The molecule has 0 aliphatic rings. The molecule has 2 N–H and O–H groups in total. The van der Waals surface area contributed by atoms with Gasteiger partial charge < -0.3 is 10.1 Å². The van der Waals surface area contributed by atoms with Crippen molar-refractivity contribution in [3.8, 4) is 5.75 Å². The van der Waals surface area contributed by atoms with E-state index in [1.54, 1.807) is 30.3 Å². The molecule has 0 unspecified atom stereocenters. The van der Waals surface area contributed by atoms with Crippen LogP contribution in [-0.4, -0.2) is 24.0 Å². The second kappa shape index (κ2) is 10.4. The van der Waals surface area contributed by atoms with E-state index in [0.29, 0.717) is 16.8 Å². The predicted molar refractivity (Wildman–Crippen MR) is 136 cm³/mol. The highest BCUT2D eigenvalue weighted by Gasteiger charge is 2.16. The molecule has 35 heavy (non-hydrogen) atoms. The van der Waals surface area contributed by atoms with E-state index in [1.807, 2.05) is 68.4 Å². The fourth-order valence-corrected chi connectivity index (χ4v) is 3.44. The van der Waals surface area contributed by atoms with Crippen molar-refractivity contribution in [2.75, 3.05) is 5.32 Å². The van der Waals surface area contributed by atoms with Gasteiger partial charge in [0.25, 0.3) is 0 Å². The molecule has 4 rings (SSSR count). The molecule has 0 fully saturated rings. The summed E-state index contributed by atoms with van der Waals surface area (Å²) in [6.45, 7) is 3.76. The number of amides is 2. The molecular formula is C28H23N3O4. The summed E-state index contributed by atoms with van der Waals surface area (Å²) in [5.74, 6) is -2.02. The van der Waals surface area contributed by atoms with Crippen LogP contribution in [0.2, 0.25) is 0 Å². The van der Waals surface area contributed by atoms with Crippen LogP contribution in [0.4, 0.5) is 5.69 Å². The number of carbonyl (C=O) groups is 3. The van der Waals surface area contributed by atoms with Crippen molar-refractivity contribution in [2.45, 2.75) is 13.8 Å². The minimum Gasteiger partial charge on any atom is -0.422 e. The predicted octanol–water partition coefficient (Wildman–Crippen LogP) is 4.76. The first-order valence-corrected chi connectivity index (χ1v) is 10.9. The van der Waals surface area contributed by atoms with Crippen molar-refractivity contribution in [3.63, 3.8) is 0 Å². The van der Waals surface area contributed by atoms with Gasteiger partial charge in [-0.05, 0) is 54.4 Å². The molecule has 0 radical (unpaired) electrons. The molecule has 0 atom stereocenters. The third kappa shape index (κ3) is 5.59. The summed E-state index contributed by atoms with van der Waals surface area (Å²) in [5.41, 5.74) is 5.53. The Labute approximate surface area is 202 Å². The van der Waals surface area contributed by atoms with Crippen molar-refractivity contribution in [3.05, 3.63) is 107 Å². The highest BCUT2D eigenvalue weighted by atomic mass is 16.5. The normalized spacial score (nSPS) is 10.8. The van der Waals surface area contributed by atoms with Gasteiger partial charge in [-0.15, -0.1) is 0 Å². The summed E-state index contributed by atoms with van der Waals surface area (Å²) >= 11 is 0. The minimum absolute atomic E-state index is 0.275. The maximum Gasteiger partial charge on any atom is 0.343 e. The third-order valence-electron chi connectivity index (χ3n) is 5.38. The number of aryl methyl sites for hydroxylation is 2. The Bertz CT molecular complexity index is 1440. The van der Waals surface area contributed by atoms with E-state index in [1.165, 1.54) is 6.21 Å². The van der Waals surface area contributed by atoms with Crippen LogP contribution in [0.25, 0.3) is 10.8 Å². The number of rotatable bonds is 5. The highest BCUT2D eigenvalue weighted by molar-refractivity contribution is 6.39. The van der Waals surface area contributed by atoms with Crippen molar-refractivity contribution in [2.24, 2.45) is 5.10 Å². The Morgan fingerprint density at radius 1 is 0.800 bits per heavy atom. The smallest absolute Gasteiger partial charge is 0.343 e. The van der Waals surface area contributed by atoms with Crippen LogP contribution in [0.3, 0.4) is 0 Å². The van der Waals surface area contributed by atoms with Gasteiger partial charge in [0.15, 0.2) is 0 Å². The lowest BCUT2D eigenvalue weighted by molar-refractivity contribution is -0.136. The zero-order valence-corrected chi connectivity index (χ0v) is 19.2. The number of anilines is 1. The number of ether oxygens (including phenoxy) is 1. The van der Waals surface area contributed by atoms with Gasteiger partial charge in [-0.1, -0.05) is 66.2 Å². The number of esters is 1. The molecule has 0 bridgehead atoms. The van der Waals surface area contributed by atoms with Crippen molar-refractivity contribution < 1.29 is 19.1 Å². The van der Waals surface area contributed by atoms with E-state index in [-0.39, 0.29) is 5.75 Å². The number of carbonyl (C=O) groups excluding carboxylic acids is 3. The zero-order valence-electron chi connectivity index (χ0n) is 19.2. The monoisotopic (exact) mass is 465 g/mol. The summed E-state index contributed by atoms with van der Waals surface area (Å²) in [7, 11) is 0. The summed E-state index contributed by atoms with van der Waals surface area (Å²) < 4.78 is 5.65. The number of fused-ring (bicyclic) bond motifs is 1. The largest absolute Gasteiger partial charge is 0.422 e. The molecule has 0 aliphatic heterocycles. The Balaban J connectivity index is 1.54. The summed E-state index contributed by atoms with van der Waals surface area (Å²) in [5, 5.41) is 8.17. The van der Waals surface area contributed by atoms with Gasteiger partial charge in [0, 0.05) is 11.3 Å². The summed E-state index contributed by atoms with van der Waals surface area (Å²) in [4.78, 5) is 37.2. The van der Waals surface area contributed by atoms with Crippen LogP contribution in [0, 0.1) is 13.8 Å². The number of hydrogen-bond donors (Lipinski definition) is 2. The minimum atomic E-state index is -0.928. The third-order valence-corrected chi connectivity index (χ3v) is 5.38. The first kappa shape index (κ1) is 23.4.